The fraction of sp³-hybridized carbons (Fsp3) is 0.200. The fourth-order valence-corrected chi connectivity index (χ4v) is 5.09. The maximum atomic E-state index is 12.7. The molecule has 232 valence electrons. The second kappa shape index (κ2) is 12.7. The highest BCUT2D eigenvalue weighted by Crippen LogP contribution is 2.39. The predicted molar refractivity (Wildman–Crippen MR) is 161 cm³/mol. The SMILES string of the molecule is CCc1ccc2c(c1)C=Cc1oc(C)nc1C2c1cn(Cc2ccccc2)c(=O)[nH]c1=S.O=C(O)Nc1n[nH]c(C(F)(F)F)n1. The van der Waals surface area contributed by atoms with Gasteiger partial charge in [-0.15, -0.1) is 5.10 Å². The average Bonchev–Trinajstić information content (AvgIpc) is 3.58. The van der Waals surface area contributed by atoms with Crippen molar-refractivity contribution in [3.8, 4) is 0 Å². The first-order valence-corrected chi connectivity index (χ1v) is 14.0. The number of halogens is 3. The summed E-state index contributed by atoms with van der Waals surface area (Å²) in [4.78, 5) is 33.1. The largest absolute Gasteiger partial charge is 0.465 e. The van der Waals surface area contributed by atoms with Gasteiger partial charge in [0.25, 0.3) is 5.95 Å². The first-order valence-electron chi connectivity index (χ1n) is 13.6. The normalized spacial score (nSPS) is 13.7. The molecule has 0 radical (unpaired) electrons. The van der Waals surface area contributed by atoms with Crippen molar-refractivity contribution in [1.82, 2.24) is 29.7 Å². The Balaban J connectivity index is 0.000000259. The van der Waals surface area contributed by atoms with E-state index in [2.05, 4.69) is 46.3 Å². The molecule has 1 unspecified atom stereocenters. The second-order valence-electron chi connectivity index (χ2n) is 9.96. The molecule has 1 amide bonds. The van der Waals surface area contributed by atoms with Gasteiger partial charge in [-0.1, -0.05) is 73.7 Å². The third-order valence-electron chi connectivity index (χ3n) is 6.86. The van der Waals surface area contributed by atoms with E-state index in [-0.39, 0.29) is 11.6 Å². The maximum absolute atomic E-state index is 12.7. The molecule has 0 bridgehead atoms. The van der Waals surface area contributed by atoms with Gasteiger partial charge < -0.3 is 9.52 Å². The molecule has 1 atom stereocenters. The molecule has 3 heterocycles. The number of hydrogen-bond donors (Lipinski definition) is 4. The third kappa shape index (κ3) is 7.09. The summed E-state index contributed by atoms with van der Waals surface area (Å²) in [6, 6.07) is 16.4. The molecule has 3 aromatic heterocycles. The summed E-state index contributed by atoms with van der Waals surface area (Å²) in [5.74, 6) is -0.913. The Labute approximate surface area is 258 Å². The molecule has 6 rings (SSSR count). The zero-order chi connectivity index (χ0) is 32.3. The van der Waals surface area contributed by atoms with Crippen molar-refractivity contribution in [1.29, 1.82) is 0 Å². The molecule has 1 aliphatic rings. The number of nitrogens with one attached hydrogen (secondary N) is 3. The molecule has 0 saturated heterocycles. The van der Waals surface area contributed by atoms with Crippen LogP contribution in [-0.2, 0) is 19.1 Å². The quantitative estimate of drug-likeness (QED) is 0.159. The first kappa shape index (κ1) is 31.1. The van der Waals surface area contributed by atoms with Crippen molar-refractivity contribution < 1.29 is 27.5 Å². The van der Waals surface area contributed by atoms with Gasteiger partial charge in [0.15, 0.2) is 11.7 Å². The van der Waals surface area contributed by atoms with E-state index in [0.717, 1.165) is 40.1 Å². The number of aromatic nitrogens is 6. The lowest BCUT2D eigenvalue weighted by Crippen LogP contribution is -2.25. The standard InChI is InChI=1S/C26H23N3O2S.C4H3F3N4O2/c1-3-17-9-11-20-19(13-17)10-12-22-24(27-16(2)31-22)23(20)21-15-29(26(30)28-25(21)32)14-18-7-5-4-6-8-18;5-4(6,7)1-8-2(11-10-1)9-3(12)13/h4-13,15,23H,3,14H2,1-2H3,(H,28,30,32);(H,12,13)(H2,8,9,10,11). The van der Waals surface area contributed by atoms with E-state index in [9.17, 15) is 22.8 Å². The van der Waals surface area contributed by atoms with Gasteiger partial charge in [-0.3, -0.25) is 20.0 Å². The molecule has 45 heavy (non-hydrogen) atoms. The van der Waals surface area contributed by atoms with Crippen LogP contribution in [0.15, 0.2) is 63.9 Å². The van der Waals surface area contributed by atoms with Crippen LogP contribution in [0.2, 0.25) is 0 Å². The van der Waals surface area contributed by atoms with E-state index < -0.39 is 24.0 Å². The number of alkyl halides is 3. The van der Waals surface area contributed by atoms with Gasteiger partial charge in [-0.25, -0.2) is 14.6 Å². The van der Waals surface area contributed by atoms with Gasteiger partial charge in [0.1, 0.15) is 4.64 Å². The molecule has 0 saturated carbocycles. The summed E-state index contributed by atoms with van der Waals surface area (Å²) in [6.07, 6.45) is 0.674. The van der Waals surface area contributed by atoms with E-state index in [1.54, 1.807) is 9.88 Å². The molecule has 11 nitrogen and oxygen atoms in total. The number of benzene rings is 2. The lowest BCUT2D eigenvalue weighted by Gasteiger charge is -2.19. The van der Waals surface area contributed by atoms with Crippen molar-refractivity contribution in [2.45, 2.75) is 38.9 Å². The monoisotopic (exact) mass is 637 g/mol. The summed E-state index contributed by atoms with van der Waals surface area (Å²) < 4.78 is 43.5. The number of rotatable bonds is 5. The highest BCUT2D eigenvalue weighted by molar-refractivity contribution is 7.71. The zero-order valence-corrected chi connectivity index (χ0v) is 24.7. The van der Waals surface area contributed by atoms with Crippen LogP contribution >= 0.6 is 12.2 Å². The molecule has 0 aliphatic heterocycles. The van der Waals surface area contributed by atoms with Gasteiger partial charge >= 0.3 is 18.0 Å². The summed E-state index contributed by atoms with van der Waals surface area (Å²) in [5.41, 5.74) is 5.91. The minimum atomic E-state index is -4.66. The fourth-order valence-electron chi connectivity index (χ4n) is 4.83. The molecule has 1 aliphatic carbocycles. The third-order valence-corrected chi connectivity index (χ3v) is 7.20. The molecular weight excluding hydrogens is 611 g/mol. The smallest absolute Gasteiger partial charge is 0.451 e. The summed E-state index contributed by atoms with van der Waals surface area (Å²) in [5, 5.41) is 14.2. The Morgan fingerprint density at radius 1 is 1.11 bits per heavy atom. The number of anilines is 1. The van der Waals surface area contributed by atoms with Crippen LogP contribution in [0.3, 0.4) is 0 Å². The lowest BCUT2D eigenvalue weighted by atomic mass is 9.86. The van der Waals surface area contributed by atoms with E-state index in [1.807, 2.05) is 49.5 Å². The van der Waals surface area contributed by atoms with E-state index >= 15 is 0 Å². The van der Waals surface area contributed by atoms with Gasteiger partial charge in [0, 0.05) is 18.7 Å². The first-order chi connectivity index (χ1) is 21.4. The number of carboxylic acid groups (broad SMARTS) is 1. The predicted octanol–water partition coefficient (Wildman–Crippen LogP) is 6.39. The molecular formula is C30H26F3N7O4S. The second-order valence-corrected chi connectivity index (χ2v) is 10.4. The van der Waals surface area contributed by atoms with Crippen LogP contribution in [-0.4, -0.2) is 40.9 Å². The van der Waals surface area contributed by atoms with Crippen molar-refractivity contribution >= 4 is 36.4 Å². The Morgan fingerprint density at radius 3 is 2.53 bits per heavy atom. The van der Waals surface area contributed by atoms with E-state index in [1.165, 1.54) is 10.7 Å². The van der Waals surface area contributed by atoms with Crippen molar-refractivity contribution in [3.05, 3.63) is 121 Å². The topological polar surface area (TPSA) is 155 Å². The maximum Gasteiger partial charge on any atom is 0.451 e. The minimum absolute atomic E-state index is 0.229. The van der Waals surface area contributed by atoms with Gasteiger partial charge in [0.2, 0.25) is 5.82 Å². The number of aromatic amines is 2. The van der Waals surface area contributed by atoms with Crippen LogP contribution in [0.4, 0.5) is 23.9 Å². The molecule has 2 aromatic carbocycles. The van der Waals surface area contributed by atoms with Gasteiger partial charge in [-0.05, 0) is 34.8 Å². The number of H-pyrrole nitrogens is 2. The van der Waals surface area contributed by atoms with Gasteiger partial charge in [0.05, 0.1) is 18.2 Å². The highest BCUT2D eigenvalue weighted by atomic mass is 32.1. The van der Waals surface area contributed by atoms with Crippen LogP contribution < -0.4 is 11.0 Å². The van der Waals surface area contributed by atoms with Crippen LogP contribution in [0.5, 0.6) is 0 Å². The Hall–Kier alpha value is -5.31. The van der Waals surface area contributed by atoms with E-state index in [4.69, 9.17) is 26.7 Å². The summed E-state index contributed by atoms with van der Waals surface area (Å²) in [7, 11) is 0. The Bertz CT molecular complexity index is 1990. The van der Waals surface area contributed by atoms with Crippen LogP contribution in [0, 0.1) is 11.6 Å². The van der Waals surface area contributed by atoms with Crippen molar-refractivity contribution in [2.75, 3.05) is 5.32 Å². The zero-order valence-electron chi connectivity index (χ0n) is 23.8. The number of carbonyl (C=O) groups is 1. The molecule has 5 aromatic rings. The highest BCUT2D eigenvalue weighted by Gasteiger charge is 2.35. The summed E-state index contributed by atoms with van der Waals surface area (Å²) >= 11 is 5.65. The van der Waals surface area contributed by atoms with Crippen molar-refractivity contribution in [2.24, 2.45) is 0 Å². The number of hydrogen-bond acceptors (Lipinski definition) is 7. The molecule has 0 fully saturated rings. The van der Waals surface area contributed by atoms with Crippen LogP contribution in [0.25, 0.3) is 12.2 Å². The number of fused-ring (bicyclic) bond motifs is 2. The number of nitrogens with zero attached hydrogens (tertiary/aromatic N) is 4. The molecule has 4 N–H and O–H groups in total. The Morgan fingerprint density at radius 2 is 1.87 bits per heavy atom. The number of amides is 1. The van der Waals surface area contributed by atoms with Crippen LogP contribution in [0.1, 0.15) is 63.8 Å². The molecule has 15 heteroatoms. The number of oxazole rings is 1. The average molecular weight is 638 g/mol. The molecule has 0 spiro atoms. The summed E-state index contributed by atoms with van der Waals surface area (Å²) in [6.45, 7) is 4.44. The van der Waals surface area contributed by atoms with Gasteiger partial charge in [-0.2, -0.15) is 18.2 Å². The number of aryl methyl sites for hydroxylation is 2. The lowest BCUT2D eigenvalue weighted by molar-refractivity contribution is -0.144. The Kier molecular flexibility index (Phi) is 8.81. The minimum Gasteiger partial charge on any atom is -0.465 e. The van der Waals surface area contributed by atoms with E-state index in [0.29, 0.717) is 17.1 Å². The van der Waals surface area contributed by atoms with Crippen molar-refractivity contribution in [3.63, 3.8) is 0 Å².